The van der Waals surface area contributed by atoms with E-state index in [0.29, 0.717) is 40.2 Å². The number of carbonyl (C=O) groups excluding carboxylic acids is 2. The summed E-state index contributed by atoms with van der Waals surface area (Å²) in [4.78, 5) is 26.9. The average molecular weight is 437 g/mol. The number of carbonyl (C=O) groups is 2. The fourth-order valence-corrected chi connectivity index (χ4v) is 3.58. The van der Waals surface area contributed by atoms with Gasteiger partial charge in [-0.2, -0.15) is 0 Å². The van der Waals surface area contributed by atoms with Crippen molar-refractivity contribution < 1.29 is 19.1 Å². The first-order valence-electron chi connectivity index (χ1n) is 9.81. The number of nitrogens with one attached hydrogen (secondary N) is 1. The molecule has 1 atom stereocenters. The first-order valence-corrected chi connectivity index (χ1v) is 10.2. The maximum atomic E-state index is 12.7. The Kier molecular flexibility index (Phi) is 6.09. The molecule has 3 aromatic rings. The van der Waals surface area contributed by atoms with Gasteiger partial charge >= 0.3 is 0 Å². The molecule has 6 nitrogen and oxygen atoms in total. The lowest BCUT2D eigenvalue weighted by molar-refractivity contribution is -0.122. The lowest BCUT2D eigenvalue weighted by atomic mass is 10.1. The summed E-state index contributed by atoms with van der Waals surface area (Å²) in [5, 5.41) is 3.52. The van der Waals surface area contributed by atoms with Gasteiger partial charge in [0.15, 0.2) is 0 Å². The molecule has 2 amide bonds. The molecule has 0 spiro atoms. The van der Waals surface area contributed by atoms with E-state index in [2.05, 4.69) is 5.32 Å². The zero-order valence-corrected chi connectivity index (χ0v) is 17.6. The predicted molar refractivity (Wildman–Crippen MR) is 120 cm³/mol. The normalized spacial score (nSPS) is 15.6. The molecule has 3 aromatic carbocycles. The molecule has 0 aliphatic carbocycles. The molecule has 7 heteroatoms. The van der Waals surface area contributed by atoms with E-state index < -0.39 is 5.92 Å². The minimum absolute atomic E-state index is 0.101. The van der Waals surface area contributed by atoms with Gasteiger partial charge in [-0.15, -0.1) is 0 Å². The quantitative estimate of drug-likeness (QED) is 0.581. The highest BCUT2D eigenvalue weighted by Gasteiger charge is 2.36. The van der Waals surface area contributed by atoms with Crippen LogP contribution in [0.2, 0.25) is 5.02 Å². The highest BCUT2D eigenvalue weighted by atomic mass is 35.5. The van der Waals surface area contributed by atoms with Crippen LogP contribution in [0.25, 0.3) is 0 Å². The highest BCUT2D eigenvalue weighted by Crippen LogP contribution is 2.33. The zero-order valence-electron chi connectivity index (χ0n) is 16.9. The number of amides is 2. The number of benzene rings is 3. The number of para-hydroxylation sites is 2. The summed E-state index contributed by atoms with van der Waals surface area (Å²) in [6.07, 6.45) is 0.154. The number of hydrogen-bond acceptors (Lipinski definition) is 4. The molecule has 1 heterocycles. The Labute approximate surface area is 185 Å². The molecule has 1 saturated heterocycles. The molecule has 0 aromatic heterocycles. The van der Waals surface area contributed by atoms with E-state index in [4.69, 9.17) is 21.1 Å². The molecule has 4 rings (SSSR count). The maximum Gasteiger partial charge on any atom is 0.229 e. The second-order valence-electron chi connectivity index (χ2n) is 7.15. The van der Waals surface area contributed by atoms with Gasteiger partial charge in [0.2, 0.25) is 11.8 Å². The monoisotopic (exact) mass is 436 g/mol. The molecule has 31 heavy (non-hydrogen) atoms. The van der Waals surface area contributed by atoms with E-state index in [1.807, 2.05) is 18.2 Å². The van der Waals surface area contributed by atoms with Gasteiger partial charge in [-0.05, 0) is 60.7 Å². The number of ether oxygens (including phenoxy) is 2. The fourth-order valence-electron chi connectivity index (χ4n) is 3.46. The molecule has 0 bridgehead atoms. The third-order valence-corrected chi connectivity index (χ3v) is 5.29. The minimum Gasteiger partial charge on any atom is -0.495 e. The molecule has 1 aliphatic heterocycles. The second kappa shape index (κ2) is 9.10. The largest absolute Gasteiger partial charge is 0.495 e. The molecule has 0 unspecified atom stereocenters. The van der Waals surface area contributed by atoms with Gasteiger partial charge in [0.05, 0.1) is 18.7 Å². The standard InChI is InChI=1S/C24H21ClN2O4/c1-30-22-5-3-2-4-21(22)27-15-16(14-23(27)28)24(29)26-18-8-12-20(13-9-18)31-19-10-6-17(25)7-11-19/h2-13,16H,14-15H2,1H3,(H,26,29)/t16-/m1/s1. The fraction of sp³-hybridized carbons (Fsp3) is 0.167. The smallest absolute Gasteiger partial charge is 0.229 e. The van der Waals surface area contributed by atoms with Gasteiger partial charge in [0, 0.05) is 23.7 Å². The van der Waals surface area contributed by atoms with Crippen LogP contribution < -0.4 is 19.7 Å². The van der Waals surface area contributed by atoms with Crippen molar-refractivity contribution in [2.24, 2.45) is 5.92 Å². The molecule has 1 fully saturated rings. The van der Waals surface area contributed by atoms with Crippen LogP contribution in [0, 0.1) is 5.92 Å². The average Bonchev–Trinajstić information content (AvgIpc) is 3.18. The molecular weight excluding hydrogens is 416 g/mol. The van der Waals surface area contributed by atoms with Crippen LogP contribution in [0.1, 0.15) is 6.42 Å². The van der Waals surface area contributed by atoms with Crippen LogP contribution in [0.5, 0.6) is 17.2 Å². The number of nitrogens with zero attached hydrogens (tertiary/aromatic N) is 1. The second-order valence-corrected chi connectivity index (χ2v) is 7.58. The number of rotatable bonds is 6. The van der Waals surface area contributed by atoms with Crippen LogP contribution in [0.3, 0.4) is 0 Å². The Morgan fingerprint density at radius 3 is 2.32 bits per heavy atom. The van der Waals surface area contributed by atoms with E-state index in [0.717, 1.165) is 0 Å². The summed E-state index contributed by atoms with van der Waals surface area (Å²) in [5.41, 5.74) is 1.31. The Balaban J connectivity index is 1.38. The van der Waals surface area contributed by atoms with Crippen molar-refractivity contribution >= 4 is 34.8 Å². The number of anilines is 2. The van der Waals surface area contributed by atoms with Crippen molar-refractivity contribution in [3.63, 3.8) is 0 Å². The van der Waals surface area contributed by atoms with Gasteiger partial charge in [-0.1, -0.05) is 23.7 Å². The van der Waals surface area contributed by atoms with E-state index in [1.165, 1.54) is 0 Å². The van der Waals surface area contributed by atoms with Gasteiger partial charge < -0.3 is 19.7 Å². The van der Waals surface area contributed by atoms with Gasteiger partial charge in [-0.3, -0.25) is 9.59 Å². The van der Waals surface area contributed by atoms with Crippen LogP contribution in [0.15, 0.2) is 72.8 Å². The topological polar surface area (TPSA) is 67.9 Å². The summed E-state index contributed by atoms with van der Waals surface area (Å²) in [6.45, 7) is 0.308. The SMILES string of the molecule is COc1ccccc1N1C[C@H](C(=O)Nc2ccc(Oc3ccc(Cl)cc3)cc2)CC1=O. The van der Waals surface area contributed by atoms with Gasteiger partial charge in [0.25, 0.3) is 0 Å². The maximum absolute atomic E-state index is 12.7. The van der Waals surface area contributed by atoms with Crippen molar-refractivity contribution in [1.29, 1.82) is 0 Å². The van der Waals surface area contributed by atoms with Crippen LogP contribution in [-0.2, 0) is 9.59 Å². The summed E-state index contributed by atoms with van der Waals surface area (Å²) in [6, 6.07) is 21.4. The minimum atomic E-state index is -0.442. The highest BCUT2D eigenvalue weighted by molar-refractivity contribution is 6.30. The van der Waals surface area contributed by atoms with Crippen LogP contribution >= 0.6 is 11.6 Å². The Morgan fingerprint density at radius 2 is 1.65 bits per heavy atom. The van der Waals surface area contributed by atoms with Gasteiger partial charge in [-0.25, -0.2) is 0 Å². The lowest BCUT2D eigenvalue weighted by Gasteiger charge is -2.19. The van der Waals surface area contributed by atoms with Crippen molar-refractivity contribution in [3.05, 3.63) is 77.8 Å². The Morgan fingerprint density at radius 1 is 1.00 bits per heavy atom. The number of hydrogen-bond donors (Lipinski definition) is 1. The molecule has 1 N–H and O–H groups in total. The van der Waals surface area contributed by atoms with E-state index in [-0.39, 0.29) is 18.2 Å². The van der Waals surface area contributed by atoms with E-state index in [9.17, 15) is 9.59 Å². The zero-order chi connectivity index (χ0) is 21.8. The molecular formula is C24H21ClN2O4. The number of methoxy groups -OCH3 is 1. The molecule has 0 saturated carbocycles. The van der Waals surface area contributed by atoms with E-state index in [1.54, 1.807) is 66.6 Å². The Bertz CT molecular complexity index is 1080. The number of halogens is 1. The van der Waals surface area contributed by atoms with Crippen molar-refractivity contribution in [2.45, 2.75) is 6.42 Å². The summed E-state index contributed by atoms with van der Waals surface area (Å²) < 4.78 is 11.1. The Hall–Kier alpha value is -3.51. The van der Waals surface area contributed by atoms with Crippen LogP contribution in [-0.4, -0.2) is 25.5 Å². The van der Waals surface area contributed by atoms with Gasteiger partial charge in [0.1, 0.15) is 17.2 Å². The molecule has 1 aliphatic rings. The van der Waals surface area contributed by atoms with Crippen molar-refractivity contribution in [2.75, 3.05) is 23.9 Å². The summed E-state index contributed by atoms with van der Waals surface area (Å²) in [7, 11) is 1.56. The summed E-state index contributed by atoms with van der Waals surface area (Å²) >= 11 is 5.88. The lowest BCUT2D eigenvalue weighted by Crippen LogP contribution is -2.28. The van der Waals surface area contributed by atoms with Crippen LogP contribution in [0.4, 0.5) is 11.4 Å². The van der Waals surface area contributed by atoms with Crippen molar-refractivity contribution in [3.8, 4) is 17.2 Å². The molecule has 158 valence electrons. The first kappa shape index (κ1) is 20.8. The van der Waals surface area contributed by atoms with E-state index >= 15 is 0 Å². The van der Waals surface area contributed by atoms with Crippen molar-refractivity contribution in [1.82, 2.24) is 0 Å². The molecule has 0 radical (unpaired) electrons. The predicted octanol–water partition coefficient (Wildman–Crippen LogP) is 5.13. The first-order chi connectivity index (χ1) is 15.0. The third kappa shape index (κ3) is 4.81. The summed E-state index contributed by atoms with van der Waals surface area (Å²) in [5.74, 6) is 1.17. The third-order valence-electron chi connectivity index (χ3n) is 5.04.